The first-order valence-electron chi connectivity index (χ1n) is 9.71. The van der Waals surface area contributed by atoms with Crippen LogP contribution in [0.5, 0.6) is 0 Å². The van der Waals surface area contributed by atoms with Crippen LogP contribution in [-0.4, -0.2) is 20.5 Å². The molecule has 30 heavy (non-hydrogen) atoms. The van der Waals surface area contributed by atoms with Crippen LogP contribution in [0.4, 0.5) is 5.95 Å². The number of allylic oxidation sites excluding steroid dienone is 2. The maximum absolute atomic E-state index is 12.8. The van der Waals surface area contributed by atoms with Crippen LogP contribution in [0.3, 0.4) is 0 Å². The second kappa shape index (κ2) is 8.10. The molecule has 2 heterocycles. The van der Waals surface area contributed by atoms with Crippen LogP contribution in [0.1, 0.15) is 36.4 Å². The van der Waals surface area contributed by atoms with Crippen LogP contribution in [0, 0.1) is 0 Å². The smallest absolute Gasteiger partial charge is 0.227 e. The molecule has 8 heteroatoms. The van der Waals surface area contributed by atoms with Gasteiger partial charge in [-0.05, 0) is 48.2 Å². The van der Waals surface area contributed by atoms with Gasteiger partial charge in [-0.3, -0.25) is 4.79 Å². The molecule has 1 N–H and O–H groups in total. The third-order valence-electron chi connectivity index (χ3n) is 5.29. The molecular weight excluding hydrogens is 439 g/mol. The van der Waals surface area contributed by atoms with Crippen molar-refractivity contribution in [1.82, 2.24) is 14.8 Å². The Morgan fingerprint density at radius 1 is 1.10 bits per heavy atom. The molecule has 2 aromatic carbocycles. The summed E-state index contributed by atoms with van der Waals surface area (Å²) in [5, 5.41) is 10.1. The standard InChI is InChI=1S/C22H18Cl2N4OS/c23-15-9-7-13(8-10-15)12-30-22-26-21-25-17-5-2-6-18(29)19(17)20(28(21)27-22)14-3-1-4-16(24)11-14/h1,3-4,7-11,20H,2,5-6,12H2,(H,25,26,27)/t20-/m1/s1. The molecule has 0 bridgehead atoms. The van der Waals surface area contributed by atoms with Crippen molar-refractivity contribution in [1.29, 1.82) is 0 Å². The summed E-state index contributed by atoms with van der Waals surface area (Å²) in [4.78, 5) is 17.5. The van der Waals surface area contributed by atoms with Crippen LogP contribution in [-0.2, 0) is 10.5 Å². The molecule has 1 aliphatic heterocycles. The molecule has 152 valence electrons. The summed E-state index contributed by atoms with van der Waals surface area (Å²) in [6, 6.07) is 15.1. The number of nitrogens with one attached hydrogen (secondary N) is 1. The van der Waals surface area contributed by atoms with Gasteiger partial charge < -0.3 is 5.32 Å². The molecule has 3 aromatic rings. The highest BCUT2D eigenvalue weighted by Gasteiger charge is 2.36. The van der Waals surface area contributed by atoms with Gasteiger partial charge in [0.25, 0.3) is 0 Å². The lowest BCUT2D eigenvalue weighted by Gasteiger charge is -2.32. The number of nitrogens with zero attached hydrogens (tertiary/aromatic N) is 3. The summed E-state index contributed by atoms with van der Waals surface area (Å²) in [6.45, 7) is 0. The number of carbonyl (C=O) groups is 1. The van der Waals surface area contributed by atoms with Crippen molar-refractivity contribution in [2.24, 2.45) is 0 Å². The van der Waals surface area contributed by atoms with Crippen molar-refractivity contribution in [2.75, 3.05) is 5.32 Å². The molecule has 5 nitrogen and oxygen atoms in total. The molecule has 0 amide bonds. The van der Waals surface area contributed by atoms with Crippen LogP contribution in [0.25, 0.3) is 0 Å². The largest absolute Gasteiger partial charge is 0.328 e. The number of hydrogen-bond donors (Lipinski definition) is 1. The zero-order valence-electron chi connectivity index (χ0n) is 15.9. The lowest BCUT2D eigenvalue weighted by Crippen LogP contribution is -2.31. The van der Waals surface area contributed by atoms with Crippen LogP contribution in [0.2, 0.25) is 10.0 Å². The zero-order chi connectivity index (χ0) is 20.7. The third kappa shape index (κ3) is 3.75. The highest BCUT2D eigenvalue weighted by atomic mass is 35.5. The number of carbonyl (C=O) groups excluding carboxylic acids is 1. The Morgan fingerprint density at radius 2 is 1.93 bits per heavy atom. The lowest BCUT2D eigenvalue weighted by molar-refractivity contribution is -0.116. The van der Waals surface area contributed by atoms with E-state index in [1.807, 2.05) is 53.2 Å². The molecule has 5 rings (SSSR count). The van der Waals surface area contributed by atoms with Crippen LogP contribution in [0.15, 0.2) is 65.0 Å². The number of anilines is 1. The molecule has 0 unspecified atom stereocenters. The van der Waals surface area contributed by atoms with E-state index < -0.39 is 0 Å². The normalized spacial score (nSPS) is 18.1. The Kier molecular flexibility index (Phi) is 5.31. The predicted octanol–water partition coefficient (Wildman–Crippen LogP) is 5.90. The highest BCUT2D eigenvalue weighted by Crippen LogP contribution is 2.41. The summed E-state index contributed by atoms with van der Waals surface area (Å²) in [7, 11) is 0. The van der Waals surface area contributed by atoms with Crippen LogP contribution >= 0.6 is 35.0 Å². The summed E-state index contributed by atoms with van der Waals surface area (Å²) in [5.74, 6) is 1.55. The van der Waals surface area contributed by atoms with E-state index in [2.05, 4.69) is 5.32 Å². The third-order valence-corrected chi connectivity index (χ3v) is 6.69. The van der Waals surface area contributed by atoms with E-state index in [0.717, 1.165) is 41.0 Å². The number of benzene rings is 2. The number of rotatable bonds is 4. The van der Waals surface area contributed by atoms with Crippen molar-refractivity contribution in [3.63, 3.8) is 0 Å². The van der Waals surface area contributed by atoms with Crippen molar-refractivity contribution in [3.8, 4) is 0 Å². The Hall–Kier alpha value is -2.28. The Bertz CT molecular complexity index is 1160. The summed E-state index contributed by atoms with van der Waals surface area (Å²) in [6.07, 6.45) is 2.23. The Balaban J connectivity index is 1.50. The zero-order valence-corrected chi connectivity index (χ0v) is 18.3. The fraction of sp³-hybridized carbons (Fsp3) is 0.227. The van der Waals surface area contributed by atoms with Gasteiger partial charge in [0, 0.05) is 33.5 Å². The van der Waals surface area contributed by atoms with Crippen molar-refractivity contribution in [3.05, 3.63) is 81.0 Å². The first-order valence-corrected chi connectivity index (χ1v) is 11.4. The second-order valence-electron chi connectivity index (χ2n) is 7.33. The molecule has 1 atom stereocenters. The highest BCUT2D eigenvalue weighted by molar-refractivity contribution is 7.98. The fourth-order valence-electron chi connectivity index (χ4n) is 3.91. The molecule has 1 aromatic heterocycles. The van der Waals surface area contributed by atoms with Crippen molar-refractivity contribution >= 4 is 46.7 Å². The fourth-order valence-corrected chi connectivity index (χ4v) is 5.02. The Labute approximate surface area is 188 Å². The maximum Gasteiger partial charge on any atom is 0.227 e. The maximum atomic E-state index is 12.8. The number of hydrogen-bond acceptors (Lipinski definition) is 5. The van der Waals surface area contributed by atoms with E-state index in [4.69, 9.17) is 33.3 Å². The topological polar surface area (TPSA) is 59.8 Å². The molecule has 0 saturated carbocycles. The Morgan fingerprint density at radius 3 is 2.73 bits per heavy atom. The lowest BCUT2D eigenvalue weighted by atomic mass is 9.85. The first kappa shape index (κ1) is 19.7. The second-order valence-corrected chi connectivity index (χ2v) is 9.14. The monoisotopic (exact) mass is 456 g/mol. The van der Waals surface area contributed by atoms with E-state index in [-0.39, 0.29) is 11.8 Å². The van der Waals surface area contributed by atoms with Gasteiger partial charge in [0.05, 0.1) is 0 Å². The first-order chi connectivity index (χ1) is 14.6. The number of thioether (sulfide) groups is 1. The average molecular weight is 457 g/mol. The van der Waals surface area contributed by atoms with Gasteiger partial charge in [-0.15, -0.1) is 5.10 Å². The quantitative estimate of drug-likeness (QED) is 0.495. The molecule has 1 aliphatic carbocycles. The molecule has 0 radical (unpaired) electrons. The van der Waals surface area contributed by atoms with Crippen molar-refractivity contribution in [2.45, 2.75) is 36.2 Å². The van der Waals surface area contributed by atoms with E-state index in [1.165, 1.54) is 0 Å². The molecule has 0 fully saturated rings. The average Bonchev–Trinajstić information content (AvgIpc) is 3.14. The number of ketones is 1. The SMILES string of the molecule is O=C1CCCC2=C1[C@@H](c1cccc(Cl)c1)n1nc(SCc3ccc(Cl)cc3)nc1N2. The van der Waals surface area contributed by atoms with Gasteiger partial charge >= 0.3 is 0 Å². The molecular formula is C22H18Cl2N4OS. The van der Waals surface area contributed by atoms with Gasteiger partial charge in [-0.2, -0.15) is 4.98 Å². The number of fused-ring (bicyclic) bond motifs is 1. The van der Waals surface area contributed by atoms with E-state index in [0.29, 0.717) is 27.6 Å². The number of halogens is 2. The van der Waals surface area contributed by atoms with Gasteiger partial charge in [0.2, 0.25) is 11.1 Å². The van der Waals surface area contributed by atoms with Crippen LogP contribution < -0.4 is 5.32 Å². The van der Waals surface area contributed by atoms with Gasteiger partial charge in [0.15, 0.2) is 5.78 Å². The molecule has 0 saturated heterocycles. The van der Waals surface area contributed by atoms with Crippen molar-refractivity contribution < 1.29 is 4.79 Å². The van der Waals surface area contributed by atoms with E-state index >= 15 is 0 Å². The summed E-state index contributed by atoms with van der Waals surface area (Å²) in [5.41, 5.74) is 3.80. The minimum Gasteiger partial charge on any atom is -0.328 e. The predicted molar refractivity (Wildman–Crippen MR) is 120 cm³/mol. The van der Waals surface area contributed by atoms with E-state index in [1.54, 1.807) is 11.8 Å². The van der Waals surface area contributed by atoms with Gasteiger partial charge in [-0.25, -0.2) is 4.68 Å². The number of aromatic nitrogens is 3. The molecule has 0 spiro atoms. The van der Waals surface area contributed by atoms with Gasteiger partial charge in [0.1, 0.15) is 6.04 Å². The summed E-state index contributed by atoms with van der Waals surface area (Å²) < 4.78 is 1.82. The van der Waals surface area contributed by atoms with E-state index in [9.17, 15) is 4.79 Å². The summed E-state index contributed by atoms with van der Waals surface area (Å²) >= 11 is 13.8. The minimum atomic E-state index is -0.319. The van der Waals surface area contributed by atoms with Gasteiger partial charge in [-0.1, -0.05) is 59.2 Å². The minimum absolute atomic E-state index is 0.158. The number of Topliss-reactive ketones (excluding diaryl/α,β-unsaturated/α-hetero) is 1. The molecule has 2 aliphatic rings.